The molecule has 1 aliphatic heterocycles. The third-order valence-corrected chi connectivity index (χ3v) is 5.33. The summed E-state index contributed by atoms with van der Waals surface area (Å²) in [5, 5.41) is 9.25. The fourth-order valence-electron chi connectivity index (χ4n) is 3.55. The van der Waals surface area contributed by atoms with Crippen LogP contribution in [0.15, 0.2) is 42.7 Å². The molecule has 1 N–H and O–H groups in total. The van der Waals surface area contributed by atoms with Gasteiger partial charge in [0.15, 0.2) is 0 Å². The van der Waals surface area contributed by atoms with E-state index in [0.717, 1.165) is 37.4 Å². The zero-order valence-electron chi connectivity index (χ0n) is 20.1. The second-order valence-electron chi connectivity index (χ2n) is 9.18. The summed E-state index contributed by atoms with van der Waals surface area (Å²) >= 11 is 0. The molecule has 0 aliphatic carbocycles. The monoisotopic (exact) mass is 467 g/mol. The van der Waals surface area contributed by atoms with Crippen molar-refractivity contribution in [1.82, 2.24) is 14.8 Å². The van der Waals surface area contributed by atoms with Gasteiger partial charge in [0.2, 0.25) is 0 Å². The van der Waals surface area contributed by atoms with E-state index in [4.69, 9.17) is 9.47 Å². The average molecular weight is 468 g/mol. The molecular formula is C26H33N3O5. The summed E-state index contributed by atoms with van der Waals surface area (Å²) in [6.45, 7) is 10.2. The summed E-state index contributed by atoms with van der Waals surface area (Å²) in [4.78, 5) is 31.5. The van der Waals surface area contributed by atoms with Crippen molar-refractivity contribution in [2.45, 2.75) is 32.8 Å². The molecule has 1 amide bonds. The SMILES string of the molecule is CC(C)(C)OC(=O)N1CCN(CCCOc2ccc(/C=C/c3cnccc3C(=O)O)cc2)CC1. The summed E-state index contributed by atoms with van der Waals surface area (Å²) in [7, 11) is 0. The van der Waals surface area contributed by atoms with Crippen molar-refractivity contribution < 1.29 is 24.2 Å². The number of pyridine rings is 1. The van der Waals surface area contributed by atoms with Crippen molar-refractivity contribution in [2.24, 2.45) is 0 Å². The summed E-state index contributed by atoms with van der Waals surface area (Å²) < 4.78 is 11.3. The molecule has 1 aromatic carbocycles. The van der Waals surface area contributed by atoms with Crippen LogP contribution in [0.3, 0.4) is 0 Å². The quantitative estimate of drug-likeness (QED) is 0.580. The third kappa shape index (κ3) is 7.88. The van der Waals surface area contributed by atoms with Gasteiger partial charge in [-0.2, -0.15) is 0 Å². The van der Waals surface area contributed by atoms with E-state index in [0.29, 0.717) is 25.3 Å². The molecule has 1 aliphatic rings. The summed E-state index contributed by atoms with van der Waals surface area (Å²) in [6.07, 6.45) is 7.26. The number of carbonyl (C=O) groups is 2. The fraction of sp³-hybridized carbons (Fsp3) is 0.423. The van der Waals surface area contributed by atoms with Crippen LogP contribution in [-0.4, -0.2) is 76.9 Å². The number of carbonyl (C=O) groups excluding carboxylic acids is 1. The van der Waals surface area contributed by atoms with Crippen LogP contribution < -0.4 is 4.74 Å². The van der Waals surface area contributed by atoms with Crippen LogP contribution in [0.4, 0.5) is 4.79 Å². The minimum absolute atomic E-state index is 0.220. The van der Waals surface area contributed by atoms with Crippen molar-refractivity contribution in [3.8, 4) is 5.75 Å². The Balaban J connectivity index is 1.37. The van der Waals surface area contributed by atoms with E-state index in [2.05, 4.69) is 9.88 Å². The first-order valence-electron chi connectivity index (χ1n) is 11.5. The van der Waals surface area contributed by atoms with E-state index in [9.17, 15) is 14.7 Å². The van der Waals surface area contributed by atoms with Gasteiger partial charge in [0.05, 0.1) is 12.2 Å². The number of hydrogen-bond acceptors (Lipinski definition) is 6. The average Bonchev–Trinajstić information content (AvgIpc) is 2.80. The van der Waals surface area contributed by atoms with E-state index in [1.807, 2.05) is 51.1 Å². The van der Waals surface area contributed by atoms with Crippen LogP contribution in [0, 0.1) is 0 Å². The van der Waals surface area contributed by atoms with Gasteiger partial charge >= 0.3 is 12.1 Å². The normalized spacial score (nSPS) is 14.9. The van der Waals surface area contributed by atoms with Gasteiger partial charge in [-0.25, -0.2) is 9.59 Å². The number of piperazine rings is 1. The van der Waals surface area contributed by atoms with Crippen molar-refractivity contribution >= 4 is 24.2 Å². The van der Waals surface area contributed by atoms with Gasteiger partial charge in [-0.15, -0.1) is 0 Å². The van der Waals surface area contributed by atoms with Crippen molar-refractivity contribution in [3.05, 3.63) is 59.4 Å². The Labute approximate surface area is 200 Å². The van der Waals surface area contributed by atoms with Gasteiger partial charge in [0.1, 0.15) is 11.4 Å². The molecule has 0 radical (unpaired) electrons. The summed E-state index contributed by atoms with van der Waals surface area (Å²) in [5.74, 6) is -0.185. The van der Waals surface area contributed by atoms with Crippen LogP contribution in [-0.2, 0) is 4.74 Å². The van der Waals surface area contributed by atoms with Gasteiger partial charge in [0.25, 0.3) is 0 Å². The number of aromatic nitrogens is 1. The third-order valence-electron chi connectivity index (χ3n) is 5.33. The Kier molecular flexibility index (Phi) is 8.65. The zero-order valence-corrected chi connectivity index (χ0v) is 20.1. The predicted octanol–water partition coefficient (Wildman–Crippen LogP) is 4.27. The molecular weight excluding hydrogens is 434 g/mol. The van der Waals surface area contributed by atoms with Crippen molar-refractivity contribution in [2.75, 3.05) is 39.3 Å². The highest BCUT2D eigenvalue weighted by Gasteiger charge is 2.25. The number of carboxylic acids is 1. The topological polar surface area (TPSA) is 92.2 Å². The molecule has 0 saturated carbocycles. The van der Waals surface area contributed by atoms with E-state index in [-0.39, 0.29) is 11.7 Å². The van der Waals surface area contributed by atoms with Crippen LogP contribution in [0.25, 0.3) is 12.2 Å². The Morgan fingerprint density at radius 3 is 2.41 bits per heavy atom. The number of benzene rings is 1. The van der Waals surface area contributed by atoms with E-state index in [1.165, 1.54) is 18.5 Å². The standard InChI is InChI=1S/C26H33N3O5/c1-26(2,3)34-25(32)29-16-14-28(15-17-29)13-4-18-33-22-9-6-20(7-10-22)5-8-21-19-27-12-11-23(21)24(30)31/h5-12,19H,4,13-18H2,1-3H3,(H,30,31)/b8-5+. The highest BCUT2D eigenvalue weighted by molar-refractivity contribution is 5.93. The largest absolute Gasteiger partial charge is 0.494 e. The molecule has 34 heavy (non-hydrogen) atoms. The van der Waals surface area contributed by atoms with Gasteiger partial charge in [0, 0.05) is 50.7 Å². The van der Waals surface area contributed by atoms with E-state index in [1.54, 1.807) is 11.0 Å². The molecule has 0 atom stereocenters. The van der Waals surface area contributed by atoms with Crippen LogP contribution in [0.1, 0.15) is 48.7 Å². The lowest BCUT2D eigenvalue weighted by atomic mass is 10.1. The number of ether oxygens (including phenoxy) is 2. The molecule has 8 heteroatoms. The second-order valence-corrected chi connectivity index (χ2v) is 9.18. The molecule has 1 fully saturated rings. The zero-order chi connectivity index (χ0) is 24.6. The molecule has 3 rings (SSSR count). The molecule has 2 heterocycles. The first kappa shape index (κ1) is 25.2. The minimum atomic E-state index is -0.976. The molecule has 0 unspecified atom stereocenters. The first-order valence-corrected chi connectivity index (χ1v) is 11.5. The van der Waals surface area contributed by atoms with Gasteiger partial charge in [-0.1, -0.05) is 24.3 Å². The minimum Gasteiger partial charge on any atom is -0.494 e. The van der Waals surface area contributed by atoms with Crippen molar-refractivity contribution in [3.63, 3.8) is 0 Å². The van der Waals surface area contributed by atoms with E-state index < -0.39 is 11.6 Å². The van der Waals surface area contributed by atoms with Gasteiger partial charge < -0.3 is 19.5 Å². The Morgan fingerprint density at radius 2 is 1.76 bits per heavy atom. The molecule has 0 spiro atoms. The maximum absolute atomic E-state index is 12.2. The fourth-order valence-corrected chi connectivity index (χ4v) is 3.55. The Hall–Kier alpha value is -3.39. The summed E-state index contributed by atoms with van der Waals surface area (Å²) in [5.41, 5.74) is 1.25. The smallest absolute Gasteiger partial charge is 0.410 e. The van der Waals surface area contributed by atoms with Crippen LogP contribution >= 0.6 is 0 Å². The maximum Gasteiger partial charge on any atom is 0.410 e. The lowest BCUT2D eigenvalue weighted by Gasteiger charge is -2.35. The van der Waals surface area contributed by atoms with Crippen LogP contribution in [0.2, 0.25) is 0 Å². The number of aromatic carboxylic acids is 1. The Bertz CT molecular complexity index is 990. The number of rotatable bonds is 8. The molecule has 182 valence electrons. The number of amides is 1. The molecule has 0 bridgehead atoms. The highest BCUT2D eigenvalue weighted by Crippen LogP contribution is 2.17. The molecule has 1 saturated heterocycles. The molecule has 2 aromatic rings. The molecule has 8 nitrogen and oxygen atoms in total. The Morgan fingerprint density at radius 1 is 1.06 bits per heavy atom. The number of hydrogen-bond donors (Lipinski definition) is 1. The lowest BCUT2D eigenvalue weighted by molar-refractivity contribution is 0.0142. The molecule has 1 aromatic heterocycles. The van der Waals surface area contributed by atoms with Gasteiger partial charge in [-0.05, 0) is 51.0 Å². The van der Waals surface area contributed by atoms with E-state index >= 15 is 0 Å². The lowest BCUT2D eigenvalue weighted by Crippen LogP contribution is -2.50. The van der Waals surface area contributed by atoms with Crippen molar-refractivity contribution in [1.29, 1.82) is 0 Å². The number of nitrogens with zero attached hydrogens (tertiary/aromatic N) is 3. The maximum atomic E-state index is 12.2. The van der Waals surface area contributed by atoms with Gasteiger partial charge in [-0.3, -0.25) is 9.88 Å². The summed E-state index contributed by atoms with van der Waals surface area (Å²) in [6, 6.07) is 9.15. The number of carboxylic acid groups (broad SMARTS) is 1. The highest BCUT2D eigenvalue weighted by atomic mass is 16.6. The van der Waals surface area contributed by atoms with Crippen LogP contribution in [0.5, 0.6) is 5.75 Å². The first-order chi connectivity index (χ1) is 16.2. The predicted molar refractivity (Wildman–Crippen MR) is 131 cm³/mol. The second kappa shape index (κ2) is 11.7.